The summed E-state index contributed by atoms with van der Waals surface area (Å²) in [5.74, 6) is -2.33. The summed E-state index contributed by atoms with van der Waals surface area (Å²) in [4.78, 5) is 45.6. The van der Waals surface area contributed by atoms with E-state index in [-0.39, 0.29) is 75.9 Å². The van der Waals surface area contributed by atoms with Crippen molar-refractivity contribution >= 4 is 56.4 Å². The molecule has 0 aliphatic rings. The Morgan fingerprint density at radius 3 is 2.13 bits per heavy atom. The minimum atomic E-state index is -1.22. The Morgan fingerprint density at radius 2 is 1.57 bits per heavy atom. The minimum absolute atomic E-state index is 0. The maximum Gasteiger partial charge on any atom is 1.00 e. The number of aliphatic carboxylic acids is 1. The number of aromatic nitrogens is 1. The molecule has 19 heteroatoms. The van der Waals surface area contributed by atoms with Crippen LogP contribution in [0.1, 0.15) is 88.0 Å². The van der Waals surface area contributed by atoms with Gasteiger partial charge in [-0.05, 0) is 52.0 Å². The predicted molar refractivity (Wildman–Crippen MR) is 222 cm³/mol. The fraction of sp³-hybridized carbons (Fsp3) is 0.585. The second-order valence-electron chi connectivity index (χ2n) is 13.2. The number of azo groups is 1. The number of carboxylic acid groups (broad SMARTS) is 1. The van der Waals surface area contributed by atoms with E-state index in [1.165, 1.54) is 6.92 Å². The molecule has 0 spiro atoms. The van der Waals surface area contributed by atoms with Crippen molar-refractivity contribution in [2.24, 2.45) is 16.1 Å². The number of nitrogens with zero attached hydrogens (tertiary/aromatic N) is 7. The maximum atomic E-state index is 12.2. The number of ether oxygens (including phenoxy) is 4. The van der Waals surface area contributed by atoms with Gasteiger partial charge in [-0.1, -0.05) is 31.9 Å². The fourth-order valence-corrected chi connectivity index (χ4v) is 6.38. The molecule has 0 aromatic carbocycles. The average molecular weight is 858 g/mol. The summed E-state index contributed by atoms with van der Waals surface area (Å²) in [5.41, 5.74) is 1.60. The van der Waals surface area contributed by atoms with Crippen LogP contribution in [0.2, 0.25) is 0 Å². The molecule has 2 rings (SSSR count). The fourth-order valence-electron chi connectivity index (χ4n) is 5.51. The van der Waals surface area contributed by atoms with E-state index in [0.29, 0.717) is 101 Å². The van der Waals surface area contributed by atoms with Gasteiger partial charge in [0.15, 0.2) is 5.82 Å². The number of hydrogen-bond acceptors (Lipinski definition) is 15. The van der Waals surface area contributed by atoms with E-state index in [2.05, 4.69) is 49.8 Å². The van der Waals surface area contributed by atoms with Crippen LogP contribution in [0.4, 0.5) is 27.3 Å². The van der Waals surface area contributed by atoms with E-state index >= 15 is 0 Å². The topological polar surface area (TPSA) is 228 Å². The van der Waals surface area contributed by atoms with E-state index in [4.69, 9.17) is 25.5 Å². The largest absolute Gasteiger partial charge is 1.00 e. The summed E-state index contributed by atoms with van der Waals surface area (Å²) in [6.07, 6.45) is 8.77. The van der Waals surface area contributed by atoms with E-state index in [0.717, 1.165) is 37.0 Å². The second kappa shape index (κ2) is 31.6. The molecule has 2 aromatic heterocycles. The number of amides is 2. The summed E-state index contributed by atoms with van der Waals surface area (Å²) in [6.45, 7) is 20.2. The Morgan fingerprint density at radius 1 is 0.933 bits per heavy atom. The number of hydrogen-bond donors (Lipinski definition) is 2. The van der Waals surface area contributed by atoms with Gasteiger partial charge in [0.05, 0.1) is 63.9 Å². The summed E-state index contributed by atoms with van der Waals surface area (Å²) < 4.78 is 22.4. The van der Waals surface area contributed by atoms with E-state index in [9.17, 15) is 30.0 Å². The summed E-state index contributed by atoms with van der Waals surface area (Å²) in [7, 11) is 0. The zero-order chi connectivity index (χ0) is 43.4. The number of thiophene rings is 1. The van der Waals surface area contributed by atoms with Crippen molar-refractivity contribution in [3.8, 4) is 12.1 Å². The Bertz CT molecular complexity index is 1850. The quantitative estimate of drug-likeness (QED) is 0.0380. The normalized spacial score (nSPS) is 11.4. The zero-order valence-corrected chi connectivity index (χ0v) is 38.6. The maximum absolute atomic E-state index is 12.2. The minimum Gasteiger partial charge on any atom is -0.550 e. The first kappa shape index (κ1) is 53.7. The third kappa shape index (κ3) is 19.4. The van der Waals surface area contributed by atoms with Crippen molar-refractivity contribution in [3.05, 3.63) is 45.8 Å². The van der Waals surface area contributed by atoms with Gasteiger partial charge >= 0.3 is 29.6 Å². The molecule has 1 unspecified atom stereocenters. The Balaban J connectivity index is 0.0000180. The van der Waals surface area contributed by atoms with Gasteiger partial charge in [0.25, 0.3) is 0 Å². The molecule has 0 aliphatic heterocycles. The second-order valence-corrected chi connectivity index (χ2v) is 14.2. The molecule has 1 atom stereocenters. The van der Waals surface area contributed by atoms with Gasteiger partial charge in [0, 0.05) is 57.0 Å². The van der Waals surface area contributed by atoms with Crippen LogP contribution in [0.3, 0.4) is 0 Å². The molecule has 2 aromatic rings. The molecular formula is C41H56N9NaO8S. The van der Waals surface area contributed by atoms with Crippen molar-refractivity contribution in [1.82, 2.24) is 10.3 Å². The molecule has 2 amide bonds. The van der Waals surface area contributed by atoms with Crippen LogP contribution in [-0.2, 0) is 33.3 Å². The van der Waals surface area contributed by atoms with Crippen LogP contribution >= 0.6 is 11.3 Å². The first-order valence-electron chi connectivity index (χ1n) is 19.8. The number of carboxylic acids is 1. The molecule has 0 bridgehead atoms. The summed E-state index contributed by atoms with van der Waals surface area (Å²) in [6, 6.07) is 4.25. The van der Waals surface area contributed by atoms with Gasteiger partial charge < -0.3 is 44.4 Å². The van der Waals surface area contributed by atoms with Crippen LogP contribution in [0, 0.1) is 49.0 Å². The van der Waals surface area contributed by atoms with Gasteiger partial charge in [-0.25, -0.2) is 9.83 Å². The monoisotopic (exact) mass is 857 g/mol. The molecule has 17 nitrogen and oxygen atoms in total. The van der Waals surface area contributed by atoms with Gasteiger partial charge in [-0.2, -0.15) is 10.5 Å². The molecule has 0 aliphatic carbocycles. The summed E-state index contributed by atoms with van der Waals surface area (Å²) in [5, 5.41) is 45.6. The standard InChI is InChI=1S/C41H57N9O8S.Na/c1-7-9-10-11-12-13-15-32(41(53)54)26-35(52)45-16-14-18-55-20-22-57-24-25-58-23-21-56-19-17-50(8-2)38-33(27-42)29(3)36(37(47-38)46-31(5)51)48-49-40-34(28-43)30(4)39(44-6)59-40;/h12-13,32H,7-11,14-26H2,1-5H3,(H,45,52)(H,53,54)(H,46,47,51);/q;+1/p-1/b13-12+,49-48?;. The Hall–Kier alpha value is -4.29. The average Bonchev–Trinajstić information content (AvgIpc) is 3.52. The number of pyridine rings is 1. The molecule has 0 fully saturated rings. The number of nitriles is 2. The van der Waals surface area contributed by atoms with Crippen molar-refractivity contribution < 1.29 is 68.0 Å². The van der Waals surface area contributed by atoms with Crippen LogP contribution in [0.15, 0.2) is 22.4 Å². The van der Waals surface area contributed by atoms with E-state index in [1.54, 1.807) is 13.8 Å². The number of unbranched alkanes of at least 4 members (excludes halogenated alkanes) is 3. The molecule has 2 heterocycles. The smallest absolute Gasteiger partial charge is 0.550 e. The van der Waals surface area contributed by atoms with Crippen molar-refractivity contribution in [1.29, 1.82) is 10.5 Å². The Labute approximate surface area is 379 Å². The SMILES string of the molecule is [C-]#[N+]c1sc(N=Nc2c(NC(C)=O)nc(N(CC)CCOCCOCCOCCOCCCNC(=O)CC(C/C=C/CCCCC)C(=O)[O-])c(C#N)c2C)c(C#N)c1C.[Na+]. The van der Waals surface area contributed by atoms with Crippen LogP contribution in [0.25, 0.3) is 4.85 Å². The van der Waals surface area contributed by atoms with Gasteiger partial charge in [-0.3, -0.25) is 9.59 Å². The van der Waals surface area contributed by atoms with Crippen molar-refractivity contribution in [2.75, 3.05) is 82.7 Å². The molecule has 0 saturated carbocycles. The van der Waals surface area contributed by atoms with Gasteiger partial charge in [0.1, 0.15) is 28.6 Å². The molecule has 2 N–H and O–H groups in total. The van der Waals surface area contributed by atoms with Crippen molar-refractivity contribution in [3.63, 3.8) is 0 Å². The zero-order valence-electron chi connectivity index (χ0n) is 35.8. The Kier molecular flexibility index (Phi) is 28.3. The molecule has 0 radical (unpaired) electrons. The third-order valence-corrected chi connectivity index (χ3v) is 9.85. The third-order valence-electron chi connectivity index (χ3n) is 8.78. The number of nitrogens with one attached hydrogen (secondary N) is 2. The van der Waals surface area contributed by atoms with Gasteiger partial charge in [0.2, 0.25) is 16.8 Å². The number of anilines is 2. The van der Waals surface area contributed by atoms with Crippen LogP contribution in [-0.4, -0.2) is 95.3 Å². The number of carbonyl (C=O) groups is 3. The molecular weight excluding hydrogens is 802 g/mol. The molecule has 320 valence electrons. The van der Waals surface area contributed by atoms with E-state index < -0.39 is 17.8 Å². The predicted octanol–water partition coefficient (Wildman–Crippen LogP) is 3.11. The number of carbonyl (C=O) groups excluding carboxylic acids is 3. The van der Waals surface area contributed by atoms with Crippen LogP contribution < -0.4 is 50.2 Å². The van der Waals surface area contributed by atoms with E-state index in [1.807, 2.05) is 24.0 Å². The first-order chi connectivity index (χ1) is 28.5. The molecule has 60 heavy (non-hydrogen) atoms. The first-order valence-corrected chi connectivity index (χ1v) is 20.6. The number of rotatable bonds is 30. The van der Waals surface area contributed by atoms with Crippen LogP contribution in [0.5, 0.6) is 0 Å². The summed E-state index contributed by atoms with van der Waals surface area (Å²) >= 11 is 1.03. The molecule has 0 saturated heterocycles. The van der Waals surface area contributed by atoms with Crippen molar-refractivity contribution in [2.45, 2.75) is 79.6 Å². The number of likely N-dealkylation sites (N-methyl/N-ethyl adjacent to an activating group) is 1. The van der Waals surface area contributed by atoms with Gasteiger partial charge in [-0.15, -0.1) is 21.6 Å². The number of allylic oxidation sites excluding steroid dienone is 2.